The minimum absolute atomic E-state index is 0.336. The number of aliphatic carboxylic acids is 1. The van der Waals surface area contributed by atoms with E-state index in [1.807, 2.05) is 44.2 Å². The van der Waals surface area contributed by atoms with Crippen molar-refractivity contribution >= 4 is 40.2 Å². The number of rotatable bonds is 5. The van der Waals surface area contributed by atoms with Gasteiger partial charge in [0.05, 0.1) is 16.6 Å². The first-order valence-electron chi connectivity index (χ1n) is 8.40. The van der Waals surface area contributed by atoms with Crippen molar-refractivity contribution in [2.75, 3.05) is 4.90 Å². The fourth-order valence-corrected chi connectivity index (χ4v) is 3.67. The second-order valence-electron chi connectivity index (χ2n) is 6.13. The van der Waals surface area contributed by atoms with Crippen molar-refractivity contribution in [3.05, 3.63) is 65.7 Å². The van der Waals surface area contributed by atoms with Gasteiger partial charge in [-0.3, -0.25) is 9.69 Å². The van der Waals surface area contributed by atoms with Crippen LogP contribution in [0, 0.1) is 6.92 Å². The Morgan fingerprint density at radius 1 is 1.15 bits per heavy atom. The minimum atomic E-state index is -1.27. The summed E-state index contributed by atoms with van der Waals surface area (Å²) < 4.78 is 0. The third-order valence-electron chi connectivity index (χ3n) is 4.06. The number of carboxylic acid groups (broad SMARTS) is 1. The van der Waals surface area contributed by atoms with Gasteiger partial charge in [0.1, 0.15) is 0 Å². The first-order valence-corrected chi connectivity index (χ1v) is 9.28. The molecule has 27 heavy (non-hydrogen) atoms. The smallest absolute Gasteiger partial charge is 0.247 e. The zero-order valence-electron chi connectivity index (χ0n) is 15.0. The number of anilines is 1. The molecule has 2 aromatic rings. The summed E-state index contributed by atoms with van der Waals surface area (Å²) in [5.41, 5.74) is 3.40. The Balaban J connectivity index is 1.93. The molecule has 0 aromatic heterocycles. The van der Waals surface area contributed by atoms with Gasteiger partial charge in [0.25, 0.3) is 0 Å². The van der Waals surface area contributed by atoms with Crippen LogP contribution in [-0.4, -0.2) is 28.0 Å². The van der Waals surface area contributed by atoms with Crippen LogP contribution in [0.2, 0.25) is 0 Å². The topological polar surface area (TPSA) is 85.2 Å². The molecule has 0 N–H and O–H groups in total. The highest BCUT2D eigenvalue weighted by atomic mass is 32.2. The van der Waals surface area contributed by atoms with Gasteiger partial charge in [-0.25, -0.2) is 0 Å². The maximum absolute atomic E-state index is 12.7. The molecule has 0 radical (unpaired) electrons. The summed E-state index contributed by atoms with van der Waals surface area (Å²) in [6, 6.07) is 16.9. The molecule has 1 fully saturated rings. The summed E-state index contributed by atoms with van der Waals surface area (Å²) in [7, 11) is 0. The molecular weight excluding hydrogens is 362 g/mol. The van der Waals surface area contributed by atoms with E-state index < -0.39 is 11.2 Å². The average molecular weight is 380 g/mol. The number of hydrogen-bond acceptors (Lipinski definition) is 6. The molecule has 0 aliphatic carbocycles. The van der Waals surface area contributed by atoms with Crippen molar-refractivity contribution in [1.82, 2.24) is 0 Å². The van der Waals surface area contributed by atoms with Gasteiger partial charge in [0.15, 0.2) is 5.17 Å². The van der Waals surface area contributed by atoms with Crippen molar-refractivity contribution in [3.63, 3.8) is 0 Å². The van der Waals surface area contributed by atoms with Crippen LogP contribution in [0.1, 0.15) is 24.5 Å². The fourth-order valence-electron chi connectivity index (χ4n) is 2.60. The van der Waals surface area contributed by atoms with E-state index in [-0.39, 0.29) is 12.3 Å². The molecule has 1 atom stereocenters. The van der Waals surface area contributed by atoms with Crippen LogP contribution in [0.5, 0.6) is 0 Å². The summed E-state index contributed by atoms with van der Waals surface area (Å²) in [5.74, 6) is -1.60. The highest BCUT2D eigenvalue weighted by Gasteiger charge is 2.39. The van der Waals surface area contributed by atoms with Crippen molar-refractivity contribution in [2.45, 2.75) is 25.5 Å². The SMILES string of the molecule is C/C(=N/N=C1/S[C@@H](CC(=O)[O-])C(=O)N1c1ccccc1)c1ccc(C)cc1. The first-order chi connectivity index (χ1) is 13.0. The highest BCUT2D eigenvalue weighted by Crippen LogP contribution is 2.33. The van der Waals surface area contributed by atoms with Crippen molar-refractivity contribution in [3.8, 4) is 0 Å². The molecule has 1 aliphatic rings. The second kappa shape index (κ2) is 8.18. The Bertz CT molecular complexity index is 908. The van der Waals surface area contributed by atoms with Crippen molar-refractivity contribution < 1.29 is 14.7 Å². The lowest BCUT2D eigenvalue weighted by molar-refractivity contribution is -0.305. The van der Waals surface area contributed by atoms with E-state index in [1.54, 1.807) is 24.3 Å². The molecule has 7 heteroatoms. The first kappa shape index (κ1) is 18.8. The van der Waals surface area contributed by atoms with E-state index in [4.69, 9.17) is 0 Å². The van der Waals surface area contributed by atoms with Gasteiger partial charge in [-0.15, -0.1) is 5.10 Å². The summed E-state index contributed by atoms with van der Waals surface area (Å²) in [5, 5.41) is 19.0. The van der Waals surface area contributed by atoms with E-state index in [0.717, 1.165) is 22.9 Å². The standard InChI is InChI=1S/C20H19N3O3S/c1-13-8-10-15(11-9-13)14(2)21-22-20-23(16-6-4-3-5-7-16)19(26)17(27-20)12-18(24)25/h3-11,17H,12H2,1-2H3,(H,24,25)/p-1/b21-14-,22-20+/t17-/m0/s1. The molecular formula is C20H18N3O3S-. The Kier molecular flexibility index (Phi) is 5.71. The number of amides is 1. The molecule has 1 amide bonds. The van der Waals surface area contributed by atoms with Crippen molar-refractivity contribution in [2.24, 2.45) is 10.2 Å². The van der Waals surface area contributed by atoms with Crippen LogP contribution in [0.4, 0.5) is 5.69 Å². The number of carbonyl (C=O) groups excluding carboxylic acids is 2. The lowest BCUT2D eigenvalue weighted by Crippen LogP contribution is -2.35. The number of para-hydroxylation sites is 1. The second-order valence-corrected chi connectivity index (χ2v) is 7.30. The maximum atomic E-state index is 12.7. The minimum Gasteiger partial charge on any atom is -0.550 e. The molecule has 3 rings (SSSR count). The number of hydrogen-bond donors (Lipinski definition) is 0. The molecule has 6 nitrogen and oxygen atoms in total. The van der Waals surface area contributed by atoms with Crippen LogP contribution >= 0.6 is 11.8 Å². The van der Waals surface area contributed by atoms with Gasteiger partial charge in [-0.05, 0) is 31.5 Å². The Labute approximate surface area is 161 Å². The lowest BCUT2D eigenvalue weighted by Gasteiger charge is -2.15. The van der Waals surface area contributed by atoms with Crippen molar-refractivity contribution in [1.29, 1.82) is 0 Å². The summed E-state index contributed by atoms with van der Waals surface area (Å²) in [6.45, 7) is 3.84. The summed E-state index contributed by atoms with van der Waals surface area (Å²) in [6.07, 6.45) is -0.369. The molecule has 2 aromatic carbocycles. The number of carboxylic acids is 1. The van der Waals surface area contributed by atoms with Crippen LogP contribution in [0.15, 0.2) is 64.8 Å². The van der Waals surface area contributed by atoms with Gasteiger partial charge < -0.3 is 9.90 Å². The third-order valence-corrected chi connectivity index (χ3v) is 5.18. The number of aryl methyl sites for hydroxylation is 1. The maximum Gasteiger partial charge on any atom is 0.247 e. The molecule has 0 bridgehead atoms. The van der Waals surface area contributed by atoms with E-state index in [2.05, 4.69) is 10.2 Å². The number of nitrogens with zero attached hydrogens (tertiary/aromatic N) is 3. The van der Waals surface area contributed by atoms with Crippen LogP contribution in [0.25, 0.3) is 0 Å². The number of thioether (sulfide) groups is 1. The lowest BCUT2D eigenvalue weighted by atomic mass is 10.1. The quantitative estimate of drug-likeness (QED) is 0.589. The summed E-state index contributed by atoms with van der Waals surface area (Å²) in [4.78, 5) is 25.1. The van der Waals surface area contributed by atoms with Crippen LogP contribution < -0.4 is 10.0 Å². The molecule has 1 aliphatic heterocycles. The van der Waals surface area contributed by atoms with Gasteiger partial charge >= 0.3 is 0 Å². The number of carbonyl (C=O) groups is 2. The number of amidine groups is 1. The molecule has 1 saturated heterocycles. The zero-order chi connectivity index (χ0) is 19.4. The largest absolute Gasteiger partial charge is 0.550 e. The zero-order valence-corrected chi connectivity index (χ0v) is 15.8. The van der Waals surface area contributed by atoms with Gasteiger partial charge in [0.2, 0.25) is 5.91 Å². The van der Waals surface area contributed by atoms with Crippen LogP contribution in [-0.2, 0) is 9.59 Å². The molecule has 0 unspecified atom stereocenters. The Morgan fingerprint density at radius 2 is 1.81 bits per heavy atom. The fraction of sp³-hybridized carbons (Fsp3) is 0.200. The van der Waals surface area contributed by atoms with E-state index >= 15 is 0 Å². The summed E-state index contributed by atoms with van der Waals surface area (Å²) >= 11 is 1.09. The highest BCUT2D eigenvalue weighted by molar-refractivity contribution is 8.16. The Hall–Kier alpha value is -2.93. The molecule has 0 saturated carbocycles. The average Bonchev–Trinajstić information content (AvgIpc) is 2.96. The predicted octanol–water partition coefficient (Wildman–Crippen LogP) is 2.36. The van der Waals surface area contributed by atoms with Gasteiger partial charge in [-0.2, -0.15) is 5.10 Å². The van der Waals surface area contributed by atoms with E-state index in [0.29, 0.717) is 16.6 Å². The van der Waals surface area contributed by atoms with E-state index in [1.165, 1.54) is 4.90 Å². The monoisotopic (exact) mass is 380 g/mol. The van der Waals surface area contributed by atoms with Gasteiger partial charge in [0, 0.05) is 12.4 Å². The predicted molar refractivity (Wildman–Crippen MR) is 106 cm³/mol. The van der Waals surface area contributed by atoms with Crippen LogP contribution in [0.3, 0.4) is 0 Å². The molecule has 138 valence electrons. The molecule has 0 spiro atoms. The molecule has 1 heterocycles. The number of benzene rings is 2. The van der Waals surface area contributed by atoms with E-state index in [9.17, 15) is 14.7 Å². The Morgan fingerprint density at radius 3 is 2.44 bits per heavy atom. The van der Waals surface area contributed by atoms with Gasteiger partial charge in [-0.1, -0.05) is 59.8 Å². The normalized spacial score (nSPS) is 19.0. The third kappa shape index (κ3) is 4.43.